The predicted molar refractivity (Wildman–Crippen MR) is 43.4 cm³/mol. The van der Waals surface area contributed by atoms with E-state index in [1.807, 2.05) is 0 Å². The van der Waals surface area contributed by atoms with E-state index in [0.717, 1.165) is 12.2 Å². The Morgan fingerprint density at radius 1 is 1.36 bits per heavy atom. The Morgan fingerprint density at radius 2 is 1.91 bits per heavy atom. The third-order valence-corrected chi connectivity index (χ3v) is 1.01. The second-order valence-corrected chi connectivity index (χ2v) is 2.02. The summed E-state index contributed by atoms with van der Waals surface area (Å²) >= 11 is 0. The van der Waals surface area contributed by atoms with Crippen molar-refractivity contribution in [2.45, 2.75) is 6.92 Å². The highest BCUT2D eigenvalue weighted by Gasteiger charge is 1.95. The minimum atomic E-state index is -0.657. The fraction of sp³-hybridized carbons (Fsp3) is 0.111. The van der Waals surface area contributed by atoms with Crippen LogP contribution in [0.15, 0.2) is 48.6 Å². The lowest BCUT2D eigenvalue weighted by atomic mass is 10.2. The van der Waals surface area contributed by atoms with Crippen molar-refractivity contribution in [2.24, 2.45) is 0 Å². The van der Waals surface area contributed by atoms with Crippen molar-refractivity contribution < 1.29 is 8.78 Å². The third-order valence-electron chi connectivity index (χ3n) is 1.01. The number of allylic oxidation sites excluding steroid dienone is 6. The highest BCUT2D eigenvalue weighted by Crippen LogP contribution is 2.12. The maximum Gasteiger partial charge on any atom is 0.126 e. The van der Waals surface area contributed by atoms with Crippen molar-refractivity contribution in [2.75, 3.05) is 0 Å². The molecule has 0 aromatic heterocycles. The Labute approximate surface area is 65.2 Å². The van der Waals surface area contributed by atoms with E-state index in [0.29, 0.717) is 0 Å². The van der Waals surface area contributed by atoms with Gasteiger partial charge in [-0.3, -0.25) is 0 Å². The summed E-state index contributed by atoms with van der Waals surface area (Å²) in [6, 6.07) is 0. The molecule has 0 rings (SSSR count). The molecule has 0 N–H and O–H groups in total. The number of hydrogen-bond acceptors (Lipinski definition) is 0. The summed E-state index contributed by atoms with van der Waals surface area (Å²) in [5, 5.41) is 0. The molecule has 0 radical (unpaired) electrons. The average Bonchev–Trinajstić information content (AvgIpc) is 1.86. The van der Waals surface area contributed by atoms with Crippen LogP contribution in [0.2, 0.25) is 0 Å². The molecule has 0 saturated heterocycles. The van der Waals surface area contributed by atoms with Crippen LogP contribution in [0.3, 0.4) is 0 Å². The number of rotatable bonds is 3. The van der Waals surface area contributed by atoms with E-state index in [-0.39, 0.29) is 5.57 Å². The zero-order chi connectivity index (χ0) is 8.85. The molecule has 0 heterocycles. The second kappa shape index (κ2) is 4.61. The Kier molecular flexibility index (Phi) is 4.11. The molecule has 0 aliphatic heterocycles. The smallest absolute Gasteiger partial charge is 0.126 e. The first-order valence-corrected chi connectivity index (χ1v) is 3.09. The van der Waals surface area contributed by atoms with Gasteiger partial charge in [-0.2, -0.15) is 0 Å². The van der Waals surface area contributed by atoms with Gasteiger partial charge >= 0.3 is 0 Å². The second-order valence-electron chi connectivity index (χ2n) is 2.02. The molecule has 0 fully saturated rings. The van der Waals surface area contributed by atoms with E-state index >= 15 is 0 Å². The molecule has 60 valence electrons. The highest BCUT2D eigenvalue weighted by molar-refractivity contribution is 5.30. The average molecular weight is 156 g/mol. The van der Waals surface area contributed by atoms with Crippen LogP contribution in [0.25, 0.3) is 0 Å². The standard InChI is InChI=1S/C9H10F2/c1-4-5-9(11)7(2)6-8(3)10/h4-6H,1,3H2,2H3/b7-6-,9-5+. The normalized spacial score (nSPS) is 13.0. The first-order valence-electron chi connectivity index (χ1n) is 3.09. The van der Waals surface area contributed by atoms with Crippen LogP contribution in [-0.2, 0) is 0 Å². The fourth-order valence-electron chi connectivity index (χ4n) is 0.539. The largest absolute Gasteiger partial charge is 0.208 e. The van der Waals surface area contributed by atoms with Crippen molar-refractivity contribution in [3.05, 3.63) is 48.6 Å². The van der Waals surface area contributed by atoms with E-state index in [2.05, 4.69) is 13.2 Å². The maximum atomic E-state index is 12.7. The molecule has 0 unspecified atom stereocenters. The molecule has 0 bridgehead atoms. The quantitative estimate of drug-likeness (QED) is 0.549. The van der Waals surface area contributed by atoms with Gasteiger partial charge in [0.05, 0.1) is 0 Å². The van der Waals surface area contributed by atoms with Crippen LogP contribution in [0.4, 0.5) is 8.78 Å². The summed E-state index contributed by atoms with van der Waals surface area (Å²) in [6.07, 6.45) is 3.48. The minimum Gasteiger partial charge on any atom is -0.208 e. The van der Waals surface area contributed by atoms with Crippen LogP contribution >= 0.6 is 0 Å². The molecule has 0 aromatic carbocycles. The summed E-state index contributed by atoms with van der Waals surface area (Å²) in [7, 11) is 0. The SMILES string of the molecule is C=C/C=C(F)\C(C)=C/C(=C)F. The van der Waals surface area contributed by atoms with Crippen molar-refractivity contribution >= 4 is 0 Å². The van der Waals surface area contributed by atoms with Crippen LogP contribution in [0, 0.1) is 0 Å². The molecule has 0 atom stereocenters. The molecular weight excluding hydrogens is 146 g/mol. The Bertz CT molecular complexity index is 222. The predicted octanol–water partition coefficient (Wildman–Crippen LogP) is 3.46. The topological polar surface area (TPSA) is 0 Å². The van der Waals surface area contributed by atoms with E-state index in [1.165, 1.54) is 13.0 Å². The summed E-state index contributed by atoms with van der Waals surface area (Å²) in [5.74, 6) is -1.16. The van der Waals surface area contributed by atoms with E-state index in [9.17, 15) is 8.78 Å². The number of halogens is 2. The zero-order valence-corrected chi connectivity index (χ0v) is 6.40. The zero-order valence-electron chi connectivity index (χ0n) is 6.40. The van der Waals surface area contributed by atoms with Gasteiger partial charge in [-0.1, -0.05) is 19.2 Å². The van der Waals surface area contributed by atoms with Crippen LogP contribution < -0.4 is 0 Å². The molecule has 2 heteroatoms. The molecule has 0 spiro atoms. The van der Waals surface area contributed by atoms with Gasteiger partial charge in [0.25, 0.3) is 0 Å². The van der Waals surface area contributed by atoms with E-state index in [1.54, 1.807) is 0 Å². The van der Waals surface area contributed by atoms with Gasteiger partial charge in [0.2, 0.25) is 0 Å². The molecule has 0 amide bonds. The van der Waals surface area contributed by atoms with E-state index < -0.39 is 11.7 Å². The maximum absolute atomic E-state index is 12.7. The monoisotopic (exact) mass is 156 g/mol. The third kappa shape index (κ3) is 4.25. The van der Waals surface area contributed by atoms with Crippen molar-refractivity contribution in [1.82, 2.24) is 0 Å². The lowest BCUT2D eigenvalue weighted by Gasteiger charge is -1.93. The summed E-state index contributed by atoms with van der Waals surface area (Å²) in [6.45, 7) is 7.74. The van der Waals surface area contributed by atoms with E-state index in [4.69, 9.17) is 0 Å². The molecular formula is C9H10F2. The Hall–Kier alpha value is -1.18. The molecule has 0 aromatic rings. The summed E-state index contributed by atoms with van der Waals surface area (Å²) < 4.78 is 24.7. The van der Waals surface area contributed by atoms with Gasteiger partial charge in [0.1, 0.15) is 11.7 Å². The molecule has 11 heavy (non-hydrogen) atoms. The lowest BCUT2D eigenvalue weighted by Crippen LogP contribution is -1.76. The Morgan fingerprint density at radius 3 is 2.27 bits per heavy atom. The van der Waals surface area contributed by atoms with Gasteiger partial charge < -0.3 is 0 Å². The summed E-state index contributed by atoms with van der Waals surface area (Å²) in [4.78, 5) is 0. The lowest BCUT2D eigenvalue weighted by molar-refractivity contribution is 0.641. The van der Waals surface area contributed by atoms with Gasteiger partial charge in [0, 0.05) is 0 Å². The highest BCUT2D eigenvalue weighted by atomic mass is 19.1. The van der Waals surface area contributed by atoms with Crippen LogP contribution in [0.5, 0.6) is 0 Å². The molecule has 0 aliphatic carbocycles. The number of hydrogen-bond donors (Lipinski definition) is 0. The first kappa shape index (κ1) is 9.82. The van der Waals surface area contributed by atoms with Crippen molar-refractivity contribution in [3.8, 4) is 0 Å². The summed E-state index contributed by atoms with van der Waals surface area (Å²) in [5.41, 5.74) is 0.206. The molecule has 0 nitrogen and oxygen atoms in total. The van der Waals surface area contributed by atoms with Gasteiger partial charge in [-0.25, -0.2) is 8.78 Å². The fourth-order valence-corrected chi connectivity index (χ4v) is 0.539. The molecule has 0 saturated carbocycles. The molecule has 0 aliphatic rings. The van der Waals surface area contributed by atoms with Gasteiger partial charge in [0.15, 0.2) is 0 Å². The van der Waals surface area contributed by atoms with Gasteiger partial charge in [-0.15, -0.1) is 0 Å². The first-order chi connectivity index (χ1) is 5.07. The minimum absolute atomic E-state index is 0.206. The van der Waals surface area contributed by atoms with Gasteiger partial charge in [-0.05, 0) is 24.6 Å². The van der Waals surface area contributed by atoms with Crippen molar-refractivity contribution in [3.63, 3.8) is 0 Å². The Balaban J connectivity index is 4.47. The van der Waals surface area contributed by atoms with Crippen LogP contribution in [0.1, 0.15) is 6.92 Å². The van der Waals surface area contributed by atoms with Crippen molar-refractivity contribution in [1.29, 1.82) is 0 Å². The van der Waals surface area contributed by atoms with Crippen LogP contribution in [-0.4, -0.2) is 0 Å².